The number of nitrogens with zero attached hydrogens (tertiary/aromatic N) is 2. The Balaban J connectivity index is 1.37. The first-order valence-corrected chi connectivity index (χ1v) is 13.1. The molecule has 9 heteroatoms. The fourth-order valence-corrected chi connectivity index (χ4v) is 5.55. The molecular weight excluding hydrogens is 466 g/mol. The molecule has 0 unspecified atom stereocenters. The quantitative estimate of drug-likeness (QED) is 0.463. The Labute approximate surface area is 205 Å². The molecule has 0 saturated carbocycles. The molecule has 0 bridgehead atoms. The van der Waals surface area contributed by atoms with Gasteiger partial charge in [0.15, 0.2) is 0 Å². The number of nitrogens with one attached hydrogen (secondary N) is 1. The summed E-state index contributed by atoms with van der Waals surface area (Å²) in [5, 5.41) is 2.80. The standard InChI is InChI=1S/C26H29N3O5S/c30-25(27-22-7-2-1-3-8-22)20-28(19-23-9-6-18-34-23)26(31)15-12-21-10-13-24(14-11-21)35(32,33)29-16-4-5-17-29/h1-3,6-11,13-14,18H,4-5,12,15-17,19-20H2,(H,27,30). The molecule has 184 valence electrons. The van der Waals surface area contributed by atoms with Gasteiger partial charge >= 0.3 is 0 Å². The minimum absolute atomic E-state index is 0.110. The fraction of sp³-hybridized carbons (Fsp3) is 0.308. The minimum atomic E-state index is -3.47. The van der Waals surface area contributed by atoms with E-state index in [4.69, 9.17) is 4.42 Å². The second kappa shape index (κ2) is 11.3. The van der Waals surface area contributed by atoms with Crippen LogP contribution in [-0.4, -0.2) is 49.1 Å². The van der Waals surface area contributed by atoms with Crippen molar-refractivity contribution < 1.29 is 22.4 Å². The molecule has 8 nitrogen and oxygen atoms in total. The smallest absolute Gasteiger partial charge is 0.244 e. The summed E-state index contributed by atoms with van der Waals surface area (Å²) in [5.74, 6) is 0.0910. The van der Waals surface area contributed by atoms with Gasteiger partial charge in [-0.25, -0.2) is 8.42 Å². The molecule has 1 N–H and O–H groups in total. The van der Waals surface area contributed by atoms with Crippen LogP contribution in [0.15, 0.2) is 82.3 Å². The predicted octanol–water partition coefficient (Wildman–Crippen LogP) is 3.66. The highest BCUT2D eigenvalue weighted by atomic mass is 32.2. The maximum atomic E-state index is 13.0. The molecular formula is C26H29N3O5S. The summed E-state index contributed by atoms with van der Waals surface area (Å²) in [6.45, 7) is 1.19. The number of amides is 2. The highest BCUT2D eigenvalue weighted by Crippen LogP contribution is 2.21. The molecule has 35 heavy (non-hydrogen) atoms. The predicted molar refractivity (Wildman–Crippen MR) is 132 cm³/mol. The summed E-state index contributed by atoms with van der Waals surface area (Å²) >= 11 is 0. The van der Waals surface area contributed by atoms with Gasteiger partial charge in [-0.15, -0.1) is 0 Å². The van der Waals surface area contributed by atoms with Crippen LogP contribution in [0.3, 0.4) is 0 Å². The number of sulfonamides is 1. The lowest BCUT2D eigenvalue weighted by Gasteiger charge is -2.21. The third-order valence-corrected chi connectivity index (χ3v) is 7.84. The summed E-state index contributed by atoms with van der Waals surface area (Å²) in [4.78, 5) is 27.3. The normalized spacial score (nSPS) is 14.1. The van der Waals surface area contributed by atoms with Crippen molar-refractivity contribution >= 4 is 27.5 Å². The van der Waals surface area contributed by atoms with Gasteiger partial charge in [0.25, 0.3) is 0 Å². The molecule has 2 amide bonds. The monoisotopic (exact) mass is 495 g/mol. The molecule has 0 spiro atoms. The molecule has 1 aliphatic heterocycles. The number of rotatable bonds is 10. The van der Waals surface area contributed by atoms with Gasteiger partial charge in [-0.1, -0.05) is 30.3 Å². The number of carbonyl (C=O) groups excluding carboxylic acids is 2. The lowest BCUT2D eigenvalue weighted by Crippen LogP contribution is -2.37. The number of carbonyl (C=O) groups is 2. The van der Waals surface area contributed by atoms with E-state index < -0.39 is 10.0 Å². The average molecular weight is 496 g/mol. The van der Waals surface area contributed by atoms with Gasteiger partial charge in [0.05, 0.1) is 17.7 Å². The van der Waals surface area contributed by atoms with E-state index in [0.29, 0.717) is 31.0 Å². The van der Waals surface area contributed by atoms with Crippen LogP contribution < -0.4 is 5.32 Å². The Morgan fingerprint density at radius 2 is 1.66 bits per heavy atom. The fourth-order valence-electron chi connectivity index (χ4n) is 4.03. The molecule has 1 saturated heterocycles. The van der Waals surface area contributed by atoms with E-state index in [1.165, 1.54) is 15.5 Å². The van der Waals surface area contributed by atoms with Crippen LogP contribution in [0.25, 0.3) is 0 Å². The Morgan fingerprint density at radius 3 is 2.31 bits per heavy atom. The van der Waals surface area contributed by atoms with E-state index in [-0.39, 0.29) is 36.2 Å². The van der Waals surface area contributed by atoms with Crippen LogP contribution >= 0.6 is 0 Å². The van der Waals surface area contributed by atoms with E-state index in [1.807, 2.05) is 18.2 Å². The number of para-hydroxylation sites is 1. The first-order chi connectivity index (χ1) is 16.9. The third-order valence-electron chi connectivity index (χ3n) is 5.93. The summed E-state index contributed by atoms with van der Waals surface area (Å²) in [7, 11) is -3.47. The molecule has 2 aromatic carbocycles. The van der Waals surface area contributed by atoms with Crippen LogP contribution in [0.4, 0.5) is 5.69 Å². The second-order valence-corrected chi connectivity index (χ2v) is 10.4. The van der Waals surface area contributed by atoms with Crippen LogP contribution in [-0.2, 0) is 32.6 Å². The zero-order chi connectivity index (χ0) is 24.7. The third kappa shape index (κ3) is 6.58. The molecule has 2 heterocycles. The van der Waals surface area contributed by atoms with Crippen molar-refractivity contribution in [3.63, 3.8) is 0 Å². The van der Waals surface area contributed by atoms with Gasteiger partial charge in [0, 0.05) is 25.2 Å². The molecule has 1 aliphatic rings. The number of hydrogen-bond donors (Lipinski definition) is 1. The van der Waals surface area contributed by atoms with Gasteiger partial charge < -0.3 is 14.6 Å². The van der Waals surface area contributed by atoms with Crippen molar-refractivity contribution in [2.75, 3.05) is 25.0 Å². The topological polar surface area (TPSA) is 99.9 Å². The first-order valence-electron chi connectivity index (χ1n) is 11.7. The zero-order valence-electron chi connectivity index (χ0n) is 19.4. The minimum Gasteiger partial charge on any atom is -0.467 e. The van der Waals surface area contributed by atoms with Crippen molar-refractivity contribution in [3.05, 3.63) is 84.3 Å². The molecule has 0 atom stereocenters. The number of aryl methyl sites for hydroxylation is 1. The van der Waals surface area contributed by atoms with Crippen molar-refractivity contribution in [1.82, 2.24) is 9.21 Å². The first kappa shape index (κ1) is 24.7. The van der Waals surface area contributed by atoms with E-state index in [1.54, 1.807) is 48.5 Å². The molecule has 4 rings (SSSR count). The number of hydrogen-bond acceptors (Lipinski definition) is 5. The summed E-state index contributed by atoms with van der Waals surface area (Å²) in [5.41, 5.74) is 1.51. The van der Waals surface area contributed by atoms with E-state index in [0.717, 1.165) is 18.4 Å². The van der Waals surface area contributed by atoms with Gasteiger partial charge in [0.1, 0.15) is 12.3 Å². The SMILES string of the molecule is O=C(CN(Cc1ccco1)C(=O)CCc1ccc(S(=O)(=O)N2CCCC2)cc1)Nc1ccccc1. The van der Waals surface area contributed by atoms with E-state index in [9.17, 15) is 18.0 Å². The van der Waals surface area contributed by atoms with Gasteiger partial charge in [0.2, 0.25) is 21.8 Å². The molecule has 1 aromatic heterocycles. The van der Waals surface area contributed by atoms with Crippen molar-refractivity contribution in [2.45, 2.75) is 37.1 Å². The highest BCUT2D eigenvalue weighted by molar-refractivity contribution is 7.89. The van der Waals surface area contributed by atoms with Crippen molar-refractivity contribution in [3.8, 4) is 0 Å². The average Bonchev–Trinajstić information content (AvgIpc) is 3.58. The van der Waals surface area contributed by atoms with Gasteiger partial charge in [-0.05, 0) is 61.2 Å². The van der Waals surface area contributed by atoms with E-state index in [2.05, 4.69) is 5.32 Å². The van der Waals surface area contributed by atoms with Crippen molar-refractivity contribution in [1.29, 1.82) is 0 Å². The summed E-state index contributed by atoms with van der Waals surface area (Å²) in [6, 6.07) is 19.2. The number of benzene rings is 2. The highest BCUT2D eigenvalue weighted by Gasteiger charge is 2.27. The van der Waals surface area contributed by atoms with E-state index >= 15 is 0 Å². The Morgan fingerprint density at radius 1 is 0.943 bits per heavy atom. The number of furan rings is 1. The molecule has 0 aliphatic carbocycles. The Kier molecular flexibility index (Phi) is 7.99. The lowest BCUT2D eigenvalue weighted by molar-refractivity contribution is -0.135. The van der Waals surface area contributed by atoms with Crippen LogP contribution in [0.5, 0.6) is 0 Å². The van der Waals surface area contributed by atoms with Crippen molar-refractivity contribution in [2.24, 2.45) is 0 Å². The van der Waals surface area contributed by atoms with Gasteiger partial charge in [-0.3, -0.25) is 9.59 Å². The Hall–Kier alpha value is -3.43. The maximum absolute atomic E-state index is 13.0. The molecule has 1 fully saturated rings. The molecule has 3 aromatic rings. The van der Waals surface area contributed by atoms with Crippen LogP contribution in [0.1, 0.15) is 30.6 Å². The van der Waals surface area contributed by atoms with Crippen LogP contribution in [0.2, 0.25) is 0 Å². The zero-order valence-corrected chi connectivity index (χ0v) is 20.2. The summed E-state index contributed by atoms with van der Waals surface area (Å²) < 4.78 is 32.3. The van der Waals surface area contributed by atoms with Gasteiger partial charge in [-0.2, -0.15) is 4.31 Å². The maximum Gasteiger partial charge on any atom is 0.244 e. The number of anilines is 1. The Bertz CT molecular complexity index is 1220. The largest absolute Gasteiger partial charge is 0.467 e. The lowest BCUT2D eigenvalue weighted by atomic mass is 10.1. The summed E-state index contributed by atoms with van der Waals surface area (Å²) in [6.07, 6.45) is 3.91. The molecule has 0 radical (unpaired) electrons. The second-order valence-electron chi connectivity index (χ2n) is 8.50. The van der Waals surface area contributed by atoms with Crippen LogP contribution in [0, 0.1) is 0 Å².